The first-order valence-corrected chi connectivity index (χ1v) is 13.6. The van der Waals surface area contributed by atoms with Crippen molar-refractivity contribution in [1.29, 1.82) is 0 Å². The number of methoxy groups -OCH3 is 2. The van der Waals surface area contributed by atoms with E-state index in [1.54, 1.807) is 53.3 Å². The molecule has 0 saturated heterocycles. The molecule has 38 heavy (non-hydrogen) atoms. The van der Waals surface area contributed by atoms with Gasteiger partial charge in [0.25, 0.3) is 0 Å². The van der Waals surface area contributed by atoms with Crippen LogP contribution in [0.4, 0.5) is 0 Å². The summed E-state index contributed by atoms with van der Waals surface area (Å²) in [5.74, 6) is 0.601. The number of fused-ring (bicyclic) bond motifs is 1. The predicted molar refractivity (Wildman–Crippen MR) is 145 cm³/mol. The molecule has 4 aromatic rings. The third-order valence-electron chi connectivity index (χ3n) is 6.93. The largest absolute Gasteiger partial charge is 0.497 e. The van der Waals surface area contributed by atoms with Crippen molar-refractivity contribution < 1.29 is 19.1 Å². The Bertz CT molecular complexity index is 1400. The molecule has 1 N–H and O–H groups in total. The molecule has 0 bridgehead atoms. The molecule has 1 atom stereocenters. The van der Waals surface area contributed by atoms with E-state index >= 15 is 0 Å². The number of para-hydroxylation sites is 1. The molecule has 2 amide bonds. The molecule has 198 valence electrons. The van der Waals surface area contributed by atoms with Crippen molar-refractivity contribution in [2.45, 2.75) is 50.9 Å². The van der Waals surface area contributed by atoms with Crippen LogP contribution in [0.3, 0.4) is 0 Å². The van der Waals surface area contributed by atoms with Crippen molar-refractivity contribution in [2.24, 2.45) is 0 Å². The third kappa shape index (κ3) is 5.50. The smallest absolute Gasteiger partial charge is 0.247 e. The second-order valence-electron chi connectivity index (χ2n) is 9.34. The summed E-state index contributed by atoms with van der Waals surface area (Å²) in [5, 5.41) is 13.6. The molecule has 5 rings (SSSR count). The maximum absolute atomic E-state index is 14.1. The normalized spacial score (nSPS) is 14.4. The lowest BCUT2D eigenvalue weighted by atomic mass is 10.0. The fourth-order valence-corrected chi connectivity index (χ4v) is 5.69. The molecule has 2 aromatic carbocycles. The number of rotatable bonds is 10. The average molecular weight is 534 g/mol. The quantitative estimate of drug-likeness (QED) is 0.326. The Kier molecular flexibility index (Phi) is 7.88. The molecular formula is C28H31N5O4S. The van der Waals surface area contributed by atoms with Crippen LogP contribution < -0.4 is 14.8 Å². The lowest BCUT2D eigenvalue weighted by Crippen LogP contribution is -2.46. The summed E-state index contributed by atoms with van der Waals surface area (Å²) in [6.45, 7) is 0.207. The number of benzene rings is 2. The average Bonchev–Trinajstić information content (AvgIpc) is 3.72. The van der Waals surface area contributed by atoms with Gasteiger partial charge in [-0.1, -0.05) is 36.3 Å². The van der Waals surface area contributed by atoms with Crippen LogP contribution in [0.5, 0.6) is 11.5 Å². The molecule has 1 fully saturated rings. The monoisotopic (exact) mass is 533 g/mol. The molecule has 9 nitrogen and oxygen atoms in total. The summed E-state index contributed by atoms with van der Waals surface area (Å²) in [6, 6.07) is 15.9. The van der Waals surface area contributed by atoms with Gasteiger partial charge in [0.15, 0.2) is 0 Å². The molecule has 0 unspecified atom stereocenters. The number of carbonyl (C=O) groups is 2. The van der Waals surface area contributed by atoms with E-state index in [4.69, 9.17) is 9.47 Å². The number of nitrogens with zero attached hydrogens (tertiary/aromatic N) is 4. The summed E-state index contributed by atoms with van der Waals surface area (Å²) >= 11 is 1.54. The van der Waals surface area contributed by atoms with Crippen molar-refractivity contribution in [1.82, 2.24) is 25.2 Å². The van der Waals surface area contributed by atoms with Crippen LogP contribution in [-0.4, -0.2) is 52.0 Å². The Morgan fingerprint density at radius 3 is 2.66 bits per heavy atom. The highest BCUT2D eigenvalue weighted by molar-refractivity contribution is 7.09. The number of hydrogen-bond donors (Lipinski definition) is 1. The van der Waals surface area contributed by atoms with Crippen molar-refractivity contribution in [3.8, 4) is 11.5 Å². The van der Waals surface area contributed by atoms with Crippen molar-refractivity contribution in [2.75, 3.05) is 14.2 Å². The van der Waals surface area contributed by atoms with E-state index in [2.05, 4.69) is 15.6 Å². The van der Waals surface area contributed by atoms with Crippen LogP contribution >= 0.6 is 11.3 Å². The van der Waals surface area contributed by atoms with E-state index in [9.17, 15) is 9.59 Å². The van der Waals surface area contributed by atoms with Crippen molar-refractivity contribution in [3.63, 3.8) is 0 Å². The molecule has 10 heteroatoms. The fourth-order valence-electron chi connectivity index (χ4n) is 4.99. The number of carbonyl (C=O) groups excluding carboxylic acids is 2. The maximum atomic E-state index is 14.1. The molecule has 2 heterocycles. The van der Waals surface area contributed by atoms with Crippen LogP contribution in [0.1, 0.15) is 42.2 Å². The van der Waals surface area contributed by atoms with Gasteiger partial charge in [-0.05, 0) is 48.6 Å². The first kappa shape index (κ1) is 25.7. The summed E-state index contributed by atoms with van der Waals surface area (Å²) < 4.78 is 12.7. The molecule has 2 aromatic heterocycles. The third-order valence-corrected chi connectivity index (χ3v) is 7.79. The SMILES string of the molecule is COc1ccc([C@H](C(=O)NC2CCCC2)N(Cc2cccs2)C(=O)Cn2nnc3ccccc32)c(OC)c1. The summed E-state index contributed by atoms with van der Waals surface area (Å²) in [6.07, 6.45) is 4.03. The van der Waals surface area contributed by atoms with Gasteiger partial charge in [-0.15, -0.1) is 16.4 Å². The maximum Gasteiger partial charge on any atom is 0.247 e. The first-order valence-electron chi connectivity index (χ1n) is 12.7. The highest BCUT2D eigenvalue weighted by Gasteiger charge is 2.35. The van der Waals surface area contributed by atoms with E-state index in [-0.39, 0.29) is 30.9 Å². The van der Waals surface area contributed by atoms with E-state index < -0.39 is 6.04 Å². The molecule has 0 radical (unpaired) electrons. The van der Waals surface area contributed by atoms with E-state index in [0.717, 1.165) is 36.1 Å². The highest BCUT2D eigenvalue weighted by atomic mass is 32.1. The number of ether oxygens (including phenoxy) is 2. The highest BCUT2D eigenvalue weighted by Crippen LogP contribution is 2.35. The van der Waals surface area contributed by atoms with Crippen LogP contribution in [0.25, 0.3) is 11.0 Å². The van der Waals surface area contributed by atoms with Gasteiger partial charge in [0.05, 0.1) is 26.3 Å². The van der Waals surface area contributed by atoms with Crippen LogP contribution in [0, 0.1) is 0 Å². The minimum absolute atomic E-state index is 0.0580. The van der Waals surface area contributed by atoms with Gasteiger partial charge in [-0.2, -0.15) is 0 Å². The van der Waals surface area contributed by atoms with Gasteiger partial charge in [-0.25, -0.2) is 4.68 Å². The van der Waals surface area contributed by atoms with Crippen LogP contribution in [0.2, 0.25) is 0 Å². The van der Waals surface area contributed by atoms with E-state index in [1.165, 1.54) is 0 Å². The summed E-state index contributed by atoms with van der Waals surface area (Å²) in [5.41, 5.74) is 2.06. The van der Waals surface area contributed by atoms with Gasteiger partial charge in [0, 0.05) is 22.5 Å². The second kappa shape index (κ2) is 11.6. The molecule has 1 saturated carbocycles. The van der Waals surface area contributed by atoms with Gasteiger partial charge >= 0.3 is 0 Å². The Labute approximate surface area is 225 Å². The number of thiophene rings is 1. The summed E-state index contributed by atoms with van der Waals surface area (Å²) in [7, 11) is 3.13. The number of aromatic nitrogens is 3. The molecule has 1 aliphatic rings. The molecule has 1 aliphatic carbocycles. The fraction of sp³-hybridized carbons (Fsp3) is 0.357. The zero-order valence-corrected chi connectivity index (χ0v) is 22.3. The number of hydrogen-bond acceptors (Lipinski definition) is 7. The first-order chi connectivity index (χ1) is 18.6. The summed E-state index contributed by atoms with van der Waals surface area (Å²) in [4.78, 5) is 30.6. The zero-order chi connectivity index (χ0) is 26.5. The van der Waals surface area contributed by atoms with E-state index in [1.807, 2.05) is 41.8 Å². The number of amides is 2. The van der Waals surface area contributed by atoms with Gasteiger partial charge in [0.2, 0.25) is 11.8 Å². The van der Waals surface area contributed by atoms with E-state index in [0.29, 0.717) is 22.6 Å². The van der Waals surface area contributed by atoms with Crippen LogP contribution in [0.15, 0.2) is 60.0 Å². The Morgan fingerprint density at radius 1 is 1.11 bits per heavy atom. The molecule has 0 aliphatic heterocycles. The van der Waals surface area contributed by atoms with Gasteiger partial charge < -0.3 is 19.7 Å². The predicted octanol–water partition coefficient (Wildman–Crippen LogP) is 4.34. The topological polar surface area (TPSA) is 98.6 Å². The van der Waals surface area contributed by atoms with Gasteiger partial charge in [0.1, 0.15) is 29.6 Å². The Morgan fingerprint density at radius 2 is 1.92 bits per heavy atom. The van der Waals surface area contributed by atoms with Crippen molar-refractivity contribution >= 4 is 34.2 Å². The second-order valence-corrected chi connectivity index (χ2v) is 10.4. The standard InChI is InChI=1S/C28H31N5O4S/c1-36-20-13-14-22(25(16-20)37-2)27(28(35)29-19-8-3-4-9-19)32(17-21-10-7-15-38-21)26(34)18-33-24-12-6-5-11-23(24)30-31-33/h5-7,10-16,19,27H,3-4,8-9,17-18H2,1-2H3,(H,29,35)/t27-/m1/s1. The Hall–Kier alpha value is -3.92. The number of nitrogens with one attached hydrogen (secondary N) is 1. The van der Waals surface area contributed by atoms with Crippen LogP contribution in [-0.2, 0) is 22.7 Å². The molecular weight excluding hydrogens is 502 g/mol. The lowest BCUT2D eigenvalue weighted by molar-refractivity contribution is -0.142. The lowest BCUT2D eigenvalue weighted by Gasteiger charge is -2.33. The van der Waals surface area contributed by atoms with Gasteiger partial charge in [-0.3, -0.25) is 9.59 Å². The minimum atomic E-state index is -0.916. The Balaban J connectivity index is 1.56. The zero-order valence-electron chi connectivity index (χ0n) is 21.5. The minimum Gasteiger partial charge on any atom is -0.497 e. The molecule has 0 spiro atoms. The van der Waals surface area contributed by atoms with Crippen molar-refractivity contribution in [3.05, 3.63) is 70.4 Å².